The molecule has 3 aromatic rings. The molecule has 1 aromatic carbocycles. The fourth-order valence-corrected chi connectivity index (χ4v) is 4.86. The number of sulfonamides is 1. The van der Waals surface area contributed by atoms with Crippen LogP contribution in [0.15, 0.2) is 46.8 Å². The van der Waals surface area contributed by atoms with Crippen LogP contribution in [0.2, 0.25) is 5.02 Å². The van der Waals surface area contributed by atoms with Crippen molar-refractivity contribution in [2.45, 2.75) is 10.8 Å². The van der Waals surface area contributed by atoms with Gasteiger partial charge in [0.25, 0.3) is 10.0 Å². The molecule has 0 spiro atoms. The summed E-state index contributed by atoms with van der Waals surface area (Å²) < 4.78 is 25.8. The molecule has 2 aromatic heterocycles. The predicted molar refractivity (Wildman–Crippen MR) is 99.3 cm³/mol. The number of fused-ring (bicyclic) bond motifs is 1. The molecule has 3 rings (SSSR count). The quantitative estimate of drug-likeness (QED) is 0.729. The summed E-state index contributed by atoms with van der Waals surface area (Å²) in [5.74, 6) is 0. The van der Waals surface area contributed by atoms with E-state index in [1.165, 1.54) is 29.7 Å². The van der Waals surface area contributed by atoms with Crippen LogP contribution in [-0.4, -0.2) is 31.8 Å². The molecule has 0 aliphatic carbocycles. The first-order chi connectivity index (χ1) is 11.4. The minimum absolute atomic E-state index is 0.343. The molecule has 0 aliphatic rings. The lowest BCUT2D eigenvalue weighted by atomic mass is 10.2. The molecule has 0 radical (unpaired) electrons. The Kier molecular flexibility index (Phi) is 4.78. The molecule has 0 atom stereocenters. The summed E-state index contributed by atoms with van der Waals surface area (Å²) in [4.78, 5) is 5.25. The summed E-state index contributed by atoms with van der Waals surface area (Å²) in [6, 6.07) is 10.9. The van der Waals surface area contributed by atoms with Gasteiger partial charge in [0, 0.05) is 47.8 Å². The van der Waals surface area contributed by atoms with Gasteiger partial charge in [0.1, 0.15) is 4.21 Å². The van der Waals surface area contributed by atoms with E-state index in [0.717, 1.165) is 21.5 Å². The standard InChI is InChI=1S/C16H16ClN3O2S2/c1-20(2)24(21,22)16-6-4-12(23-16)10-19-14-7-8-18-15-9-11(17)3-5-13(14)15/h3-9H,10H2,1-2H3,(H,18,19). The average molecular weight is 382 g/mol. The predicted octanol–water partition coefficient (Wildman–Crippen LogP) is 3.81. The number of halogens is 1. The van der Waals surface area contributed by atoms with E-state index in [0.29, 0.717) is 15.8 Å². The van der Waals surface area contributed by atoms with E-state index >= 15 is 0 Å². The molecule has 0 saturated carbocycles. The van der Waals surface area contributed by atoms with Crippen LogP contribution in [0, 0.1) is 0 Å². The summed E-state index contributed by atoms with van der Waals surface area (Å²) in [7, 11) is -0.321. The molecular formula is C16H16ClN3O2S2. The zero-order valence-corrected chi connectivity index (χ0v) is 15.5. The zero-order valence-electron chi connectivity index (χ0n) is 13.2. The smallest absolute Gasteiger partial charge is 0.252 e. The van der Waals surface area contributed by atoms with Crippen molar-refractivity contribution in [1.82, 2.24) is 9.29 Å². The number of rotatable bonds is 5. The first kappa shape index (κ1) is 17.2. The maximum atomic E-state index is 12.1. The summed E-state index contributed by atoms with van der Waals surface area (Å²) in [5, 5.41) is 4.95. The normalized spacial score (nSPS) is 12.0. The highest BCUT2D eigenvalue weighted by Crippen LogP contribution is 2.27. The van der Waals surface area contributed by atoms with Crippen LogP contribution in [0.3, 0.4) is 0 Å². The van der Waals surface area contributed by atoms with Gasteiger partial charge in [-0.1, -0.05) is 11.6 Å². The fraction of sp³-hybridized carbons (Fsp3) is 0.188. The second kappa shape index (κ2) is 6.68. The largest absolute Gasteiger partial charge is 0.380 e. The van der Waals surface area contributed by atoms with Gasteiger partial charge in [-0.3, -0.25) is 4.98 Å². The van der Waals surface area contributed by atoms with Crippen molar-refractivity contribution in [2.75, 3.05) is 19.4 Å². The Morgan fingerprint density at radius 1 is 1.21 bits per heavy atom. The molecule has 1 N–H and O–H groups in total. The van der Waals surface area contributed by atoms with E-state index in [4.69, 9.17) is 11.6 Å². The van der Waals surface area contributed by atoms with Crippen LogP contribution in [-0.2, 0) is 16.6 Å². The highest BCUT2D eigenvalue weighted by atomic mass is 35.5. The van der Waals surface area contributed by atoms with Crippen molar-refractivity contribution in [1.29, 1.82) is 0 Å². The van der Waals surface area contributed by atoms with Crippen molar-refractivity contribution in [3.8, 4) is 0 Å². The minimum Gasteiger partial charge on any atom is -0.380 e. The number of hydrogen-bond acceptors (Lipinski definition) is 5. The first-order valence-corrected chi connectivity index (χ1v) is 9.81. The van der Waals surface area contributed by atoms with E-state index in [1.54, 1.807) is 12.3 Å². The van der Waals surface area contributed by atoms with E-state index < -0.39 is 10.0 Å². The molecule has 0 unspecified atom stereocenters. The highest BCUT2D eigenvalue weighted by molar-refractivity contribution is 7.91. The number of nitrogens with zero attached hydrogens (tertiary/aromatic N) is 2. The Morgan fingerprint density at radius 3 is 2.75 bits per heavy atom. The van der Waals surface area contributed by atoms with Crippen LogP contribution in [0.5, 0.6) is 0 Å². The lowest BCUT2D eigenvalue weighted by molar-refractivity contribution is 0.523. The average Bonchev–Trinajstić information content (AvgIpc) is 3.02. The Hall–Kier alpha value is -1.67. The van der Waals surface area contributed by atoms with Crippen LogP contribution < -0.4 is 5.32 Å². The molecule has 126 valence electrons. The summed E-state index contributed by atoms with van der Waals surface area (Å²) in [6.07, 6.45) is 1.72. The number of pyridine rings is 1. The Morgan fingerprint density at radius 2 is 2.00 bits per heavy atom. The molecule has 24 heavy (non-hydrogen) atoms. The molecule has 8 heteroatoms. The zero-order chi connectivity index (χ0) is 17.3. The summed E-state index contributed by atoms with van der Waals surface area (Å²) >= 11 is 7.26. The monoisotopic (exact) mass is 381 g/mol. The van der Waals surface area contributed by atoms with Crippen molar-refractivity contribution in [3.63, 3.8) is 0 Å². The van der Waals surface area contributed by atoms with Crippen molar-refractivity contribution < 1.29 is 8.42 Å². The summed E-state index contributed by atoms with van der Waals surface area (Å²) in [6.45, 7) is 0.537. The van der Waals surface area contributed by atoms with Gasteiger partial charge in [0.2, 0.25) is 0 Å². The van der Waals surface area contributed by atoms with Crippen molar-refractivity contribution >= 4 is 49.6 Å². The number of thiophene rings is 1. The number of aromatic nitrogens is 1. The minimum atomic E-state index is -3.38. The van der Waals surface area contributed by atoms with Crippen LogP contribution in [0.1, 0.15) is 4.88 Å². The van der Waals surface area contributed by atoms with E-state index in [2.05, 4.69) is 10.3 Å². The lowest BCUT2D eigenvalue weighted by Gasteiger charge is -2.09. The third-order valence-electron chi connectivity index (χ3n) is 3.53. The lowest BCUT2D eigenvalue weighted by Crippen LogP contribution is -2.21. The third kappa shape index (κ3) is 3.39. The SMILES string of the molecule is CN(C)S(=O)(=O)c1ccc(CNc2ccnc3cc(Cl)ccc23)s1. The second-order valence-electron chi connectivity index (χ2n) is 5.38. The van der Waals surface area contributed by atoms with E-state index in [9.17, 15) is 8.42 Å². The van der Waals surface area contributed by atoms with E-state index in [-0.39, 0.29) is 0 Å². The Balaban J connectivity index is 1.81. The molecular weight excluding hydrogens is 366 g/mol. The van der Waals surface area contributed by atoms with Crippen LogP contribution in [0.25, 0.3) is 10.9 Å². The van der Waals surface area contributed by atoms with Gasteiger partial charge in [-0.2, -0.15) is 0 Å². The first-order valence-electron chi connectivity index (χ1n) is 7.17. The number of hydrogen-bond donors (Lipinski definition) is 1. The van der Waals surface area contributed by atoms with Gasteiger partial charge in [-0.15, -0.1) is 11.3 Å². The topological polar surface area (TPSA) is 62.3 Å². The number of benzene rings is 1. The third-order valence-corrected chi connectivity index (χ3v) is 7.13. The van der Waals surface area contributed by atoms with Crippen LogP contribution in [0.4, 0.5) is 5.69 Å². The van der Waals surface area contributed by atoms with Gasteiger partial charge >= 0.3 is 0 Å². The van der Waals surface area contributed by atoms with Gasteiger partial charge in [-0.05, 0) is 36.4 Å². The Labute approximate surface area is 149 Å². The molecule has 0 fully saturated rings. The van der Waals surface area contributed by atoms with Gasteiger partial charge < -0.3 is 5.32 Å². The molecule has 0 aliphatic heterocycles. The molecule has 5 nitrogen and oxygen atoms in total. The molecule has 0 saturated heterocycles. The number of nitrogens with one attached hydrogen (secondary N) is 1. The maximum absolute atomic E-state index is 12.1. The molecule has 2 heterocycles. The maximum Gasteiger partial charge on any atom is 0.252 e. The van der Waals surface area contributed by atoms with Crippen molar-refractivity contribution in [3.05, 3.63) is 52.5 Å². The molecule has 0 bridgehead atoms. The Bertz CT molecular complexity index is 984. The van der Waals surface area contributed by atoms with Gasteiger partial charge in [0.15, 0.2) is 0 Å². The van der Waals surface area contributed by atoms with Gasteiger partial charge in [-0.25, -0.2) is 12.7 Å². The highest BCUT2D eigenvalue weighted by Gasteiger charge is 2.19. The van der Waals surface area contributed by atoms with E-state index in [1.807, 2.05) is 30.3 Å². The fourth-order valence-electron chi connectivity index (χ4n) is 2.23. The summed E-state index contributed by atoms with van der Waals surface area (Å²) in [5.41, 5.74) is 1.75. The van der Waals surface area contributed by atoms with Crippen molar-refractivity contribution in [2.24, 2.45) is 0 Å². The van der Waals surface area contributed by atoms with Crippen LogP contribution >= 0.6 is 22.9 Å². The number of anilines is 1. The molecule has 0 amide bonds. The second-order valence-corrected chi connectivity index (χ2v) is 9.37. The van der Waals surface area contributed by atoms with Gasteiger partial charge in [0.05, 0.1) is 5.52 Å².